The first-order chi connectivity index (χ1) is 8.89. The molecule has 0 aromatic heterocycles. The van der Waals surface area contributed by atoms with Crippen molar-refractivity contribution >= 4 is 10.0 Å². The summed E-state index contributed by atoms with van der Waals surface area (Å²) in [6, 6.07) is 2.68. The van der Waals surface area contributed by atoms with Crippen molar-refractivity contribution in [1.29, 1.82) is 0 Å². The van der Waals surface area contributed by atoms with E-state index in [2.05, 4.69) is 4.72 Å². The van der Waals surface area contributed by atoms with Crippen molar-refractivity contribution in [3.8, 4) is 0 Å². The van der Waals surface area contributed by atoms with Crippen molar-refractivity contribution in [3.05, 3.63) is 29.1 Å². The van der Waals surface area contributed by atoms with Crippen LogP contribution in [0.15, 0.2) is 17.0 Å². The van der Waals surface area contributed by atoms with E-state index in [9.17, 15) is 12.8 Å². The number of sulfonamides is 1. The SMILES string of the molecule is CCC1CC1NS(=O)(=O)c1cc(C)c(F)c(CN)c1. The third kappa shape index (κ3) is 2.96. The molecule has 0 aliphatic heterocycles. The van der Waals surface area contributed by atoms with Crippen LogP contribution in [0.4, 0.5) is 4.39 Å². The minimum absolute atomic E-state index is 0.0154. The molecule has 1 fully saturated rings. The first-order valence-corrected chi connectivity index (χ1v) is 7.88. The predicted octanol–water partition coefficient (Wildman–Crippen LogP) is 1.67. The molecule has 0 saturated heterocycles. The second kappa shape index (κ2) is 5.19. The molecule has 1 aliphatic carbocycles. The Morgan fingerprint density at radius 2 is 2.16 bits per heavy atom. The number of halogens is 1. The van der Waals surface area contributed by atoms with E-state index in [0.29, 0.717) is 11.5 Å². The molecule has 2 atom stereocenters. The summed E-state index contributed by atoms with van der Waals surface area (Å²) in [4.78, 5) is 0.0913. The van der Waals surface area contributed by atoms with Gasteiger partial charge in [0.15, 0.2) is 0 Å². The Morgan fingerprint density at radius 3 is 2.68 bits per heavy atom. The summed E-state index contributed by atoms with van der Waals surface area (Å²) in [7, 11) is -3.58. The lowest BCUT2D eigenvalue weighted by Gasteiger charge is -2.10. The maximum absolute atomic E-state index is 13.7. The smallest absolute Gasteiger partial charge is 0.240 e. The Bertz CT molecular complexity index is 587. The second-order valence-corrected chi connectivity index (χ2v) is 6.76. The van der Waals surface area contributed by atoms with Crippen LogP contribution in [0.2, 0.25) is 0 Å². The van der Waals surface area contributed by atoms with Gasteiger partial charge in [0.1, 0.15) is 5.82 Å². The van der Waals surface area contributed by atoms with Crippen LogP contribution in [-0.4, -0.2) is 14.5 Å². The molecular weight excluding hydrogens is 267 g/mol. The second-order valence-electron chi connectivity index (χ2n) is 5.05. The maximum Gasteiger partial charge on any atom is 0.240 e. The summed E-state index contributed by atoms with van der Waals surface area (Å²) in [5.74, 6) is -0.00962. The molecule has 19 heavy (non-hydrogen) atoms. The standard InChI is InChI=1S/C13H19FN2O2S/c1-3-9-6-12(9)16-19(17,18)11-4-8(2)13(14)10(5-11)7-15/h4-5,9,12,16H,3,6-7,15H2,1-2H3. The third-order valence-electron chi connectivity index (χ3n) is 3.59. The molecule has 0 heterocycles. The first kappa shape index (κ1) is 14.4. The molecule has 2 unspecified atom stereocenters. The van der Waals surface area contributed by atoms with E-state index in [0.717, 1.165) is 12.8 Å². The van der Waals surface area contributed by atoms with Crippen molar-refractivity contribution < 1.29 is 12.8 Å². The zero-order valence-corrected chi connectivity index (χ0v) is 11.9. The Kier molecular flexibility index (Phi) is 3.94. The van der Waals surface area contributed by atoms with Crippen molar-refractivity contribution in [2.75, 3.05) is 0 Å². The van der Waals surface area contributed by atoms with Gasteiger partial charge in [0.2, 0.25) is 10.0 Å². The van der Waals surface area contributed by atoms with Gasteiger partial charge in [-0.25, -0.2) is 17.5 Å². The zero-order valence-electron chi connectivity index (χ0n) is 11.1. The van der Waals surface area contributed by atoms with Gasteiger partial charge >= 0.3 is 0 Å². The summed E-state index contributed by atoms with van der Waals surface area (Å²) in [6.45, 7) is 3.56. The highest BCUT2D eigenvalue weighted by molar-refractivity contribution is 7.89. The van der Waals surface area contributed by atoms with Gasteiger partial charge in [-0.15, -0.1) is 0 Å². The van der Waals surface area contributed by atoms with Crippen LogP contribution in [0.25, 0.3) is 0 Å². The van der Waals surface area contributed by atoms with Gasteiger partial charge < -0.3 is 5.73 Å². The van der Waals surface area contributed by atoms with E-state index in [4.69, 9.17) is 5.73 Å². The molecule has 3 N–H and O–H groups in total. The van der Waals surface area contributed by atoms with Crippen molar-refractivity contribution in [2.24, 2.45) is 11.7 Å². The fourth-order valence-electron chi connectivity index (χ4n) is 2.22. The third-order valence-corrected chi connectivity index (χ3v) is 5.06. The van der Waals surface area contributed by atoms with Gasteiger partial charge in [-0.05, 0) is 37.0 Å². The summed E-state index contributed by atoms with van der Waals surface area (Å²) >= 11 is 0. The van der Waals surface area contributed by atoms with E-state index < -0.39 is 15.8 Å². The van der Waals surface area contributed by atoms with Gasteiger partial charge in [0.05, 0.1) is 4.90 Å². The van der Waals surface area contributed by atoms with Crippen molar-refractivity contribution in [3.63, 3.8) is 0 Å². The molecule has 2 rings (SSSR count). The number of benzene rings is 1. The molecule has 1 aromatic rings. The fraction of sp³-hybridized carbons (Fsp3) is 0.538. The Balaban J connectivity index is 2.28. The number of hydrogen-bond donors (Lipinski definition) is 2. The highest BCUT2D eigenvalue weighted by Gasteiger charge is 2.38. The summed E-state index contributed by atoms with van der Waals surface area (Å²) in [5, 5.41) is 0. The van der Waals surface area contributed by atoms with E-state index in [1.54, 1.807) is 6.92 Å². The Morgan fingerprint density at radius 1 is 1.47 bits per heavy atom. The van der Waals surface area contributed by atoms with Crippen LogP contribution in [0.1, 0.15) is 30.9 Å². The fourth-order valence-corrected chi connectivity index (χ4v) is 3.67. The van der Waals surface area contributed by atoms with Gasteiger partial charge in [-0.3, -0.25) is 0 Å². The molecule has 0 bridgehead atoms. The predicted molar refractivity (Wildman–Crippen MR) is 71.5 cm³/mol. The molecule has 4 nitrogen and oxygen atoms in total. The minimum Gasteiger partial charge on any atom is -0.326 e. The van der Waals surface area contributed by atoms with Crippen LogP contribution in [0.5, 0.6) is 0 Å². The molecule has 0 radical (unpaired) electrons. The monoisotopic (exact) mass is 286 g/mol. The molecule has 1 saturated carbocycles. The summed E-state index contributed by atoms with van der Waals surface area (Å²) in [5.41, 5.74) is 5.96. The lowest BCUT2D eigenvalue weighted by molar-refractivity contribution is 0.573. The minimum atomic E-state index is -3.58. The van der Waals surface area contributed by atoms with E-state index in [-0.39, 0.29) is 23.0 Å². The van der Waals surface area contributed by atoms with E-state index in [1.165, 1.54) is 12.1 Å². The highest BCUT2D eigenvalue weighted by atomic mass is 32.2. The van der Waals surface area contributed by atoms with E-state index in [1.807, 2.05) is 6.92 Å². The largest absolute Gasteiger partial charge is 0.326 e. The van der Waals surface area contributed by atoms with Gasteiger partial charge in [-0.2, -0.15) is 0 Å². The molecular formula is C13H19FN2O2S. The zero-order chi connectivity index (χ0) is 14.2. The number of nitrogens with one attached hydrogen (secondary N) is 1. The lowest BCUT2D eigenvalue weighted by Crippen LogP contribution is -2.27. The van der Waals surface area contributed by atoms with Crippen LogP contribution in [0, 0.1) is 18.7 Å². The average molecular weight is 286 g/mol. The van der Waals surface area contributed by atoms with Crippen molar-refractivity contribution in [1.82, 2.24) is 4.72 Å². The number of rotatable bonds is 5. The normalized spacial score (nSPS) is 22.5. The van der Waals surface area contributed by atoms with Gasteiger partial charge in [-0.1, -0.05) is 13.3 Å². The molecule has 1 aromatic carbocycles. The number of nitrogens with two attached hydrogens (primary N) is 1. The van der Waals surface area contributed by atoms with Gasteiger partial charge in [0.25, 0.3) is 0 Å². The molecule has 0 amide bonds. The molecule has 106 valence electrons. The summed E-state index contributed by atoms with van der Waals surface area (Å²) < 4.78 is 40.7. The molecule has 1 aliphatic rings. The molecule has 6 heteroatoms. The molecule has 0 spiro atoms. The number of hydrogen-bond acceptors (Lipinski definition) is 3. The topological polar surface area (TPSA) is 72.2 Å². The maximum atomic E-state index is 13.7. The highest BCUT2D eigenvalue weighted by Crippen LogP contribution is 2.34. The quantitative estimate of drug-likeness (QED) is 0.865. The van der Waals surface area contributed by atoms with Gasteiger partial charge in [0, 0.05) is 18.2 Å². The van der Waals surface area contributed by atoms with Crippen LogP contribution in [0.3, 0.4) is 0 Å². The Labute approximate surface area is 113 Å². The summed E-state index contributed by atoms with van der Waals surface area (Å²) in [6.07, 6.45) is 1.84. The first-order valence-electron chi connectivity index (χ1n) is 6.40. The van der Waals surface area contributed by atoms with Crippen LogP contribution in [-0.2, 0) is 16.6 Å². The number of aryl methyl sites for hydroxylation is 1. The van der Waals surface area contributed by atoms with E-state index >= 15 is 0 Å². The average Bonchev–Trinajstić information content (AvgIpc) is 3.09. The van der Waals surface area contributed by atoms with Crippen LogP contribution < -0.4 is 10.5 Å². The van der Waals surface area contributed by atoms with Crippen molar-refractivity contribution in [2.45, 2.75) is 44.2 Å². The lowest BCUT2D eigenvalue weighted by atomic mass is 10.1. The Hall–Kier alpha value is -0.980. The van der Waals surface area contributed by atoms with Crippen LogP contribution >= 0.6 is 0 Å².